The first kappa shape index (κ1) is 20.9. The van der Waals surface area contributed by atoms with Gasteiger partial charge in [0.15, 0.2) is 0 Å². The predicted octanol–water partition coefficient (Wildman–Crippen LogP) is 3.21. The molecule has 0 bridgehead atoms. The fourth-order valence-electron chi connectivity index (χ4n) is 3.49. The van der Waals surface area contributed by atoms with Gasteiger partial charge in [-0.2, -0.15) is 15.0 Å². The Hall–Kier alpha value is -2.32. The van der Waals surface area contributed by atoms with Gasteiger partial charge in [0, 0.05) is 48.9 Å². The Bertz CT molecular complexity index is 939. The Morgan fingerprint density at radius 1 is 1.03 bits per heavy atom. The number of aromatic nitrogens is 3. The van der Waals surface area contributed by atoms with Gasteiger partial charge < -0.3 is 10.1 Å². The van der Waals surface area contributed by atoms with Gasteiger partial charge in [-0.05, 0) is 12.1 Å². The molecule has 0 unspecified atom stereocenters. The van der Waals surface area contributed by atoms with Crippen LogP contribution in [0.25, 0.3) is 11.3 Å². The molecule has 0 radical (unpaired) electrons. The molecule has 1 aromatic heterocycles. The molecular weight excluding hydrogens is 405 g/mol. The normalized spacial score (nSPS) is 14.9. The molecule has 4 rings (SSSR count). The summed E-state index contributed by atoms with van der Waals surface area (Å²) in [7, 11) is 0. The van der Waals surface area contributed by atoms with E-state index in [1.165, 1.54) is 10.9 Å². The van der Waals surface area contributed by atoms with Gasteiger partial charge in [-0.3, -0.25) is 4.90 Å². The predicted molar refractivity (Wildman–Crippen MR) is 115 cm³/mol. The first-order valence-corrected chi connectivity index (χ1v) is 10.5. The van der Waals surface area contributed by atoms with Crippen molar-refractivity contribution in [2.75, 3.05) is 39.4 Å². The molecule has 0 aliphatic carbocycles. The lowest BCUT2D eigenvalue weighted by Crippen LogP contribution is -2.40. The molecule has 2 aromatic carbocycles. The second-order valence-corrected chi connectivity index (χ2v) is 7.63. The maximum Gasteiger partial charge on any atom is 0.129 e. The third-order valence-corrected chi connectivity index (χ3v) is 5.49. The summed E-state index contributed by atoms with van der Waals surface area (Å²) in [4.78, 5) is 3.90. The molecule has 158 valence electrons. The van der Waals surface area contributed by atoms with E-state index in [-0.39, 0.29) is 12.4 Å². The van der Waals surface area contributed by atoms with Crippen LogP contribution in [0.1, 0.15) is 11.3 Å². The van der Waals surface area contributed by atoms with Gasteiger partial charge >= 0.3 is 0 Å². The number of hydrogen-bond donors (Lipinski definition) is 1. The lowest BCUT2D eigenvalue weighted by Gasteiger charge is -2.26. The number of ether oxygens (including phenoxy) is 1. The number of morpholine rings is 1. The van der Waals surface area contributed by atoms with Crippen LogP contribution in [0.4, 0.5) is 4.39 Å². The summed E-state index contributed by atoms with van der Waals surface area (Å²) in [5.74, 6) is -0.355. The zero-order valence-electron chi connectivity index (χ0n) is 16.7. The van der Waals surface area contributed by atoms with Crippen LogP contribution in [0.2, 0.25) is 5.02 Å². The highest BCUT2D eigenvalue weighted by Crippen LogP contribution is 2.23. The van der Waals surface area contributed by atoms with Crippen LogP contribution in [-0.2, 0) is 17.8 Å². The van der Waals surface area contributed by atoms with Crippen LogP contribution < -0.4 is 5.32 Å². The second-order valence-electron chi connectivity index (χ2n) is 7.22. The van der Waals surface area contributed by atoms with E-state index in [1.807, 2.05) is 30.3 Å². The van der Waals surface area contributed by atoms with Crippen LogP contribution in [-0.4, -0.2) is 59.3 Å². The van der Waals surface area contributed by atoms with Crippen LogP contribution >= 0.6 is 11.6 Å². The molecule has 1 aliphatic heterocycles. The van der Waals surface area contributed by atoms with Crippen molar-refractivity contribution in [1.29, 1.82) is 0 Å². The molecule has 0 amide bonds. The first-order valence-electron chi connectivity index (χ1n) is 10.1. The van der Waals surface area contributed by atoms with Gasteiger partial charge in [-0.15, -0.1) is 0 Å². The van der Waals surface area contributed by atoms with Crippen LogP contribution in [0, 0.1) is 5.82 Å². The van der Waals surface area contributed by atoms with E-state index in [0.29, 0.717) is 17.1 Å². The largest absolute Gasteiger partial charge is 0.379 e. The number of benzene rings is 2. The maximum atomic E-state index is 14.2. The molecule has 1 aliphatic rings. The van der Waals surface area contributed by atoms with Gasteiger partial charge in [-0.1, -0.05) is 48.0 Å². The van der Waals surface area contributed by atoms with Crippen molar-refractivity contribution >= 4 is 11.6 Å². The Labute approximate surface area is 180 Å². The summed E-state index contributed by atoms with van der Waals surface area (Å²) >= 11 is 6.18. The van der Waals surface area contributed by atoms with Crippen molar-refractivity contribution in [3.63, 3.8) is 0 Å². The van der Waals surface area contributed by atoms with Gasteiger partial charge in [0.2, 0.25) is 0 Å². The molecule has 6 nitrogen and oxygen atoms in total. The molecule has 2 heterocycles. The molecule has 1 saturated heterocycles. The minimum Gasteiger partial charge on any atom is -0.379 e. The molecule has 1 fully saturated rings. The van der Waals surface area contributed by atoms with Gasteiger partial charge in [0.05, 0.1) is 19.8 Å². The average molecular weight is 430 g/mol. The summed E-state index contributed by atoms with van der Waals surface area (Å²) < 4.78 is 19.6. The molecule has 0 atom stereocenters. The van der Waals surface area contributed by atoms with Crippen molar-refractivity contribution in [2.24, 2.45) is 0 Å². The Morgan fingerprint density at radius 3 is 2.60 bits per heavy atom. The highest BCUT2D eigenvalue weighted by Gasteiger charge is 2.16. The first-order chi connectivity index (χ1) is 14.7. The van der Waals surface area contributed by atoms with E-state index in [1.54, 1.807) is 12.1 Å². The minimum atomic E-state index is -0.355. The summed E-state index contributed by atoms with van der Waals surface area (Å²) in [5.41, 5.74) is 2.99. The molecule has 8 heteroatoms. The van der Waals surface area contributed by atoms with Crippen LogP contribution in [0.15, 0.2) is 48.5 Å². The Morgan fingerprint density at radius 2 is 1.83 bits per heavy atom. The van der Waals surface area contributed by atoms with Crippen LogP contribution in [0.3, 0.4) is 0 Å². The number of nitrogens with one attached hydrogen (secondary N) is 1. The third kappa shape index (κ3) is 5.23. The molecule has 0 saturated carbocycles. The monoisotopic (exact) mass is 429 g/mol. The average Bonchev–Trinajstić information content (AvgIpc) is 3.18. The minimum absolute atomic E-state index is 0.180. The Balaban J connectivity index is 1.48. The fraction of sp³-hybridized carbons (Fsp3) is 0.364. The summed E-state index contributed by atoms with van der Waals surface area (Å²) in [6, 6.07) is 14.6. The van der Waals surface area contributed by atoms with E-state index < -0.39 is 0 Å². The quantitative estimate of drug-likeness (QED) is 0.557. The van der Waals surface area contributed by atoms with E-state index in [9.17, 15) is 4.39 Å². The highest BCUT2D eigenvalue weighted by atomic mass is 35.5. The van der Waals surface area contributed by atoms with Gasteiger partial charge in [0.25, 0.3) is 0 Å². The zero-order chi connectivity index (χ0) is 20.8. The van der Waals surface area contributed by atoms with E-state index in [0.717, 1.165) is 56.3 Å². The summed E-state index contributed by atoms with van der Waals surface area (Å²) in [6.45, 7) is 6.10. The molecule has 0 spiro atoms. The van der Waals surface area contributed by atoms with Crippen LogP contribution in [0.5, 0.6) is 0 Å². The van der Waals surface area contributed by atoms with E-state index in [2.05, 4.69) is 20.4 Å². The van der Waals surface area contributed by atoms with Gasteiger partial charge in [0.1, 0.15) is 17.2 Å². The van der Waals surface area contributed by atoms with E-state index in [4.69, 9.17) is 16.3 Å². The lowest BCUT2D eigenvalue weighted by molar-refractivity contribution is 0.0384. The number of halogens is 2. The standard InChI is InChI=1S/C22H25ClFN5O/c23-19-7-4-8-20(24)18(19)16-29-26-21(22(27-29)17-5-2-1-3-6-17)15-25-9-10-28-11-13-30-14-12-28/h1-8,25H,9-16H2. The smallest absolute Gasteiger partial charge is 0.129 e. The van der Waals surface area contributed by atoms with Crippen molar-refractivity contribution in [2.45, 2.75) is 13.1 Å². The van der Waals surface area contributed by atoms with Gasteiger partial charge in [-0.25, -0.2) is 4.39 Å². The molecule has 30 heavy (non-hydrogen) atoms. The highest BCUT2D eigenvalue weighted by molar-refractivity contribution is 6.31. The third-order valence-electron chi connectivity index (χ3n) is 5.13. The van der Waals surface area contributed by atoms with Crippen molar-refractivity contribution in [3.05, 3.63) is 70.6 Å². The molecule has 3 aromatic rings. The SMILES string of the molecule is Fc1cccc(Cl)c1Cn1nc(CNCCN2CCOCC2)c(-c2ccccc2)n1. The summed E-state index contributed by atoms with van der Waals surface area (Å²) in [5, 5.41) is 13.1. The zero-order valence-corrected chi connectivity index (χ0v) is 17.5. The molecular formula is C22H25ClFN5O. The Kier molecular flexibility index (Phi) is 7.07. The van der Waals surface area contributed by atoms with Crippen molar-refractivity contribution < 1.29 is 9.13 Å². The number of rotatable bonds is 8. The lowest BCUT2D eigenvalue weighted by atomic mass is 10.1. The number of nitrogens with zero attached hydrogens (tertiary/aromatic N) is 4. The topological polar surface area (TPSA) is 55.2 Å². The maximum absolute atomic E-state index is 14.2. The molecule has 1 N–H and O–H groups in total. The second kappa shape index (κ2) is 10.1. The van der Waals surface area contributed by atoms with Crippen molar-refractivity contribution in [1.82, 2.24) is 25.2 Å². The van der Waals surface area contributed by atoms with Crippen molar-refractivity contribution in [3.8, 4) is 11.3 Å². The number of hydrogen-bond acceptors (Lipinski definition) is 5. The van der Waals surface area contributed by atoms with E-state index >= 15 is 0 Å². The summed E-state index contributed by atoms with van der Waals surface area (Å²) in [6.07, 6.45) is 0. The fourth-order valence-corrected chi connectivity index (χ4v) is 3.71.